The Hall–Kier alpha value is -4.38. The molecule has 0 saturated heterocycles. The molecule has 2 aromatic carbocycles. The summed E-state index contributed by atoms with van der Waals surface area (Å²) in [4.78, 5) is 40.4. The minimum absolute atomic E-state index is 0.0308. The number of carbonyl (C=O) groups excluding carboxylic acids is 1. The van der Waals surface area contributed by atoms with Crippen LogP contribution in [0.5, 0.6) is 0 Å². The van der Waals surface area contributed by atoms with Crippen molar-refractivity contribution in [2.24, 2.45) is 7.05 Å². The lowest BCUT2D eigenvalue weighted by molar-refractivity contribution is -0.139. The van der Waals surface area contributed by atoms with Crippen molar-refractivity contribution in [2.45, 2.75) is 32.2 Å². The molecule has 4 rings (SSSR count). The number of aryl methyl sites for hydroxylation is 1. The number of fused-ring (bicyclic) bond motifs is 1. The predicted molar refractivity (Wildman–Crippen MR) is 134 cm³/mol. The van der Waals surface area contributed by atoms with Crippen LogP contribution in [0.3, 0.4) is 0 Å². The van der Waals surface area contributed by atoms with Gasteiger partial charge in [-0.1, -0.05) is 42.5 Å². The van der Waals surface area contributed by atoms with Crippen LogP contribution in [0.1, 0.15) is 32.9 Å². The first-order valence-electron chi connectivity index (χ1n) is 11.5. The molecule has 0 radical (unpaired) electrons. The number of aromatic nitrogens is 2. The molecular weight excluding hydrogens is 503 g/mol. The molecule has 0 unspecified atom stereocenters. The number of H-pyrrole nitrogens is 1. The van der Waals surface area contributed by atoms with Crippen molar-refractivity contribution in [1.29, 1.82) is 0 Å². The number of aromatic amines is 1. The molecule has 4 aromatic rings. The summed E-state index contributed by atoms with van der Waals surface area (Å²) in [6.45, 7) is 0.966. The van der Waals surface area contributed by atoms with Crippen molar-refractivity contribution >= 4 is 22.8 Å². The van der Waals surface area contributed by atoms with Crippen LogP contribution in [-0.2, 0) is 31.0 Å². The summed E-state index contributed by atoms with van der Waals surface area (Å²) < 4.78 is 42.2. The van der Waals surface area contributed by atoms with Gasteiger partial charge in [0.15, 0.2) is 0 Å². The molecule has 0 bridgehead atoms. The van der Waals surface area contributed by atoms with Gasteiger partial charge < -0.3 is 25.1 Å². The van der Waals surface area contributed by atoms with Gasteiger partial charge in [-0.2, -0.15) is 13.2 Å². The third-order valence-electron chi connectivity index (χ3n) is 6.46. The largest absolute Gasteiger partial charge is 0.480 e. The minimum Gasteiger partial charge on any atom is -0.480 e. The second-order valence-electron chi connectivity index (χ2n) is 8.88. The van der Waals surface area contributed by atoms with Crippen molar-refractivity contribution in [3.63, 3.8) is 0 Å². The van der Waals surface area contributed by atoms with E-state index in [0.29, 0.717) is 22.0 Å². The summed E-state index contributed by atoms with van der Waals surface area (Å²) in [7, 11) is 1.38. The van der Waals surface area contributed by atoms with E-state index in [-0.39, 0.29) is 23.4 Å². The number of aliphatic hydroxyl groups is 1. The van der Waals surface area contributed by atoms with Crippen molar-refractivity contribution < 1.29 is 33.0 Å². The van der Waals surface area contributed by atoms with Gasteiger partial charge in [-0.25, -0.2) is 4.79 Å². The highest BCUT2D eigenvalue weighted by Gasteiger charge is 2.36. The van der Waals surface area contributed by atoms with Gasteiger partial charge in [-0.05, 0) is 30.2 Å². The number of halogens is 3. The number of carboxylic acid groups (broad SMARTS) is 1. The van der Waals surface area contributed by atoms with Crippen LogP contribution in [-0.4, -0.2) is 37.7 Å². The van der Waals surface area contributed by atoms with Gasteiger partial charge in [-0.15, -0.1) is 0 Å². The summed E-state index contributed by atoms with van der Waals surface area (Å²) in [5.74, 6) is -2.05. The molecule has 0 aliphatic carbocycles. The monoisotopic (exact) mass is 527 g/mol. The van der Waals surface area contributed by atoms with Crippen LogP contribution < -0.4 is 10.9 Å². The van der Waals surface area contributed by atoms with Crippen molar-refractivity contribution in [3.05, 3.63) is 93.0 Å². The van der Waals surface area contributed by atoms with Crippen LogP contribution >= 0.6 is 0 Å². The summed E-state index contributed by atoms with van der Waals surface area (Å²) in [5, 5.41) is 22.5. The Labute approximate surface area is 214 Å². The number of aliphatic hydroxyl groups excluding tert-OH is 1. The Morgan fingerprint density at radius 1 is 1.11 bits per heavy atom. The van der Waals surface area contributed by atoms with Crippen LogP contribution in [0.2, 0.25) is 0 Å². The Morgan fingerprint density at radius 3 is 2.37 bits per heavy atom. The summed E-state index contributed by atoms with van der Waals surface area (Å²) in [5.41, 5.74) is -0.807. The molecule has 38 heavy (non-hydrogen) atoms. The molecule has 2 heterocycles. The zero-order chi connectivity index (χ0) is 27.8. The van der Waals surface area contributed by atoms with E-state index in [9.17, 15) is 37.8 Å². The number of alkyl halides is 3. The topological polar surface area (TPSA) is 124 Å². The van der Waals surface area contributed by atoms with Gasteiger partial charge in [0, 0.05) is 35.6 Å². The second-order valence-corrected chi connectivity index (χ2v) is 8.88. The van der Waals surface area contributed by atoms with Gasteiger partial charge in [0.2, 0.25) is 0 Å². The first kappa shape index (κ1) is 26.7. The zero-order valence-electron chi connectivity index (χ0n) is 20.4. The molecule has 1 atom stereocenters. The maximum Gasteiger partial charge on any atom is 0.417 e. The maximum absolute atomic E-state index is 13.7. The molecule has 4 N–H and O–H groups in total. The van der Waals surface area contributed by atoms with Gasteiger partial charge in [-0.3, -0.25) is 9.59 Å². The van der Waals surface area contributed by atoms with E-state index in [0.717, 1.165) is 10.6 Å². The van der Waals surface area contributed by atoms with E-state index in [1.807, 2.05) is 0 Å². The molecule has 0 fully saturated rings. The van der Waals surface area contributed by atoms with E-state index in [2.05, 4.69) is 10.3 Å². The predicted octanol–water partition coefficient (Wildman–Crippen LogP) is 3.78. The van der Waals surface area contributed by atoms with Gasteiger partial charge in [0.25, 0.3) is 11.5 Å². The maximum atomic E-state index is 13.7. The standard InChI is InChI=1S/C27H24F3N3O5/c1-14-11-19(27(28,29)30)22(25(36)33(14)2)16-9-7-15(8-10-16)12-21(26(37)38)32-24(35)23-18(13-34)17-5-3-4-6-20(17)31-23/h3-11,21,31,34H,12-13H2,1-2H3,(H,32,35)(H,37,38)/t21-/m0/s1. The minimum atomic E-state index is -4.75. The highest BCUT2D eigenvalue weighted by molar-refractivity contribution is 6.02. The Bertz CT molecular complexity index is 1590. The third kappa shape index (κ3) is 5.05. The van der Waals surface area contributed by atoms with E-state index < -0.39 is 47.4 Å². The number of nitrogens with zero attached hydrogens (tertiary/aromatic N) is 1. The fraction of sp³-hybridized carbons (Fsp3) is 0.222. The van der Waals surface area contributed by atoms with E-state index >= 15 is 0 Å². The molecule has 1 amide bonds. The lowest BCUT2D eigenvalue weighted by atomic mass is 9.97. The fourth-order valence-electron chi connectivity index (χ4n) is 4.36. The number of carboxylic acids is 1. The Morgan fingerprint density at radius 2 is 1.76 bits per heavy atom. The number of para-hydroxylation sites is 1. The second kappa shape index (κ2) is 10.2. The number of rotatable bonds is 7. The van der Waals surface area contributed by atoms with E-state index in [1.165, 1.54) is 38.2 Å². The number of hydrogen-bond acceptors (Lipinski definition) is 4. The number of nitrogens with one attached hydrogen (secondary N) is 2. The third-order valence-corrected chi connectivity index (χ3v) is 6.46. The van der Waals surface area contributed by atoms with Crippen molar-refractivity contribution in [1.82, 2.24) is 14.9 Å². The first-order chi connectivity index (χ1) is 17.9. The van der Waals surface area contributed by atoms with E-state index in [1.54, 1.807) is 24.3 Å². The smallest absolute Gasteiger partial charge is 0.417 e. The Balaban J connectivity index is 1.61. The van der Waals surface area contributed by atoms with Gasteiger partial charge in [0.1, 0.15) is 11.7 Å². The molecule has 0 spiro atoms. The van der Waals surface area contributed by atoms with Crippen molar-refractivity contribution in [2.75, 3.05) is 0 Å². The van der Waals surface area contributed by atoms with E-state index in [4.69, 9.17) is 0 Å². The van der Waals surface area contributed by atoms with Crippen LogP contribution in [0.4, 0.5) is 13.2 Å². The van der Waals surface area contributed by atoms with Crippen LogP contribution in [0.25, 0.3) is 22.0 Å². The van der Waals surface area contributed by atoms with Crippen LogP contribution in [0.15, 0.2) is 59.4 Å². The normalized spacial score (nSPS) is 12.5. The number of hydrogen-bond donors (Lipinski definition) is 4. The molecule has 0 aliphatic rings. The SMILES string of the molecule is Cc1cc(C(F)(F)F)c(-c2ccc(C[C@H](NC(=O)c3[nH]c4ccccc4c3CO)C(=O)O)cc2)c(=O)n1C. The number of carbonyl (C=O) groups is 2. The highest BCUT2D eigenvalue weighted by Crippen LogP contribution is 2.36. The lowest BCUT2D eigenvalue weighted by Crippen LogP contribution is -2.42. The Kier molecular flexibility index (Phi) is 7.14. The number of benzene rings is 2. The zero-order valence-corrected chi connectivity index (χ0v) is 20.4. The lowest BCUT2D eigenvalue weighted by Gasteiger charge is -2.17. The molecule has 198 valence electrons. The quantitative estimate of drug-likeness (QED) is 0.291. The average Bonchev–Trinajstić information content (AvgIpc) is 3.25. The summed E-state index contributed by atoms with van der Waals surface area (Å²) in [6, 6.07) is 11.9. The van der Waals surface area contributed by atoms with Gasteiger partial charge >= 0.3 is 12.1 Å². The number of amides is 1. The first-order valence-corrected chi connectivity index (χ1v) is 11.5. The molecule has 8 nitrogen and oxygen atoms in total. The number of pyridine rings is 1. The molecule has 2 aromatic heterocycles. The summed E-state index contributed by atoms with van der Waals surface area (Å²) in [6.07, 6.45) is -4.92. The van der Waals surface area contributed by atoms with Crippen molar-refractivity contribution in [3.8, 4) is 11.1 Å². The molecule has 11 heteroatoms. The highest BCUT2D eigenvalue weighted by atomic mass is 19.4. The van der Waals surface area contributed by atoms with Gasteiger partial charge in [0.05, 0.1) is 17.7 Å². The molecule has 0 aliphatic heterocycles. The summed E-state index contributed by atoms with van der Waals surface area (Å²) >= 11 is 0. The van der Waals surface area contributed by atoms with Crippen LogP contribution in [0, 0.1) is 6.92 Å². The number of aliphatic carboxylic acids is 1. The average molecular weight is 527 g/mol. The molecular formula is C27H24F3N3O5. The molecule has 0 saturated carbocycles. The fourth-order valence-corrected chi connectivity index (χ4v) is 4.36.